The summed E-state index contributed by atoms with van der Waals surface area (Å²) in [6, 6.07) is 11.2. The van der Waals surface area contributed by atoms with Gasteiger partial charge in [0.05, 0.1) is 6.61 Å². The van der Waals surface area contributed by atoms with Crippen LogP contribution in [0.1, 0.15) is 28.4 Å². The summed E-state index contributed by atoms with van der Waals surface area (Å²) < 4.78 is 4.89. The Kier molecular flexibility index (Phi) is 6.47. The van der Waals surface area contributed by atoms with Gasteiger partial charge in [0, 0.05) is 21.8 Å². The Bertz CT molecular complexity index is 790. The van der Waals surface area contributed by atoms with Crippen LogP contribution in [0.4, 0.5) is 16.2 Å². The van der Waals surface area contributed by atoms with Gasteiger partial charge < -0.3 is 10.1 Å². The lowest BCUT2D eigenvalue weighted by molar-refractivity contribution is 0.102. The van der Waals surface area contributed by atoms with Crippen LogP contribution in [-0.2, 0) is 4.74 Å². The summed E-state index contributed by atoms with van der Waals surface area (Å²) in [5.41, 5.74) is 3.56. The Morgan fingerprint density at radius 2 is 1.76 bits per heavy atom. The van der Waals surface area contributed by atoms with Crippen molar-refractivity contribution in [2.45, 2.75) is 25.7 Å². The summed E-state index contributed by atoms with van der Waals surface area (Å²) in [4.78, 5) is 25.3. The van der Waals surface area contributed by atoms with Gasteiger partial charge >= 0.3 is 6.09 Å². The van der Waals surface area contributed by atoms with Gasteiger partial charge in [0.1, 0.15) is 0 Å². The molecule has 2 aromatic carbocycles. The Labute approximate surface area is 152 Å². The van der Waals surface area contributed by atoms with Crippen LogP contribution >= 0.6 is 11.8 Å². The first-order valence-corrected chi connectivity index (χ1v) is 9.18. The molecule has 0 aromatic heterocycles. The second kappa shape index (κ2) is 8.58. The molecule has 2 rings (SSSR count). The molecule has 0 atom stereocenters. The van der Waals surface area contributed by atoms with Crippen LogP contribution in [-0.4, -0.2) is 24.9 Å². The highest BCUT2D eigenvalue weighted by Crippen LogP contribution is 2.25. The minimum atomic E-state index is -0.516. The van der Waals surface area contributed by atoms with E-state index in [1.165, 1.54) is 0 Å². The first-order valence-electron chi connectivity index (χ1n) is 7.95. The van der Waals surface area contributed by atoms with Crippen LogP contribution < -0.4 is 10.6 Å². The van der Waals surface area contributed by atoms with Gasteiger partial charge in [-0.2, -0.15) is 0 Å². The van der Waals surface area contributed by atoms with Crippen molar-refractivity contribution in [2.24, 2.45) is 0 Å². The molecule has 5 nitrogen and oxygen atoms in total. The SMILES string of the molecule is CCOC(=O)Nc1cccc(NC(=O)c2cc(SC)ccc2C)c1C. The van der Waals surface area contributed by atoms with E-state index < -0.39 is 6.09 Å². The molecule has 0 heterocycles. The highest BCUT2D eigenvalue weighted by atomic mass is 32.2. The number of hydrogen-bond acceptors (Lipinski definition) is 4. The third-order valence-corrected chi connectivity index (χ3v) is 4.51. The van der Waals surface area contributed by atoms with E-state index in [4.69, 9.17) is 4.74 Å². The molecule has 0 spiro atoms. The normalized spacial score (nSPS) is 10.2. The van der Waals surface area contributed by atoms with Gasteiger partial charge in [-0.3, -0.25) is 10.1 Å². The molecule has 0 radical (unpaired) electrons. The van der Waals surface area contributed by atoms with Gasteiger partial charge in [-0.15, -0.1) is 11.8 Å². The molecule has 6 heteroatoms. The van der Waals surface area contributed by atoms with Crippen molar-refractivity contribution < 1.29 is 14.3 Å². The Hall–Kier alpha value is -2.47. The summed E-state index contributed by atoms with van der Waals surface area (Å²) in [5.74, 6) is -0.176. The number of ether oxygens (including phenoxy) is 1. The molecule has 0 aliphatic rings. The van der Waals surface area contributed by atoms with Crippen molar-refractivity contribution in [3.8, 4) is 0 Å². The predicted octanol–water partition coefficient (Wildman–Crippen LogP) is 4.85. The van der Waals surface area contributed by atoms with E-state index in [-0.39, 0.29) is 5.91 Å². The molecule has 0 unspecified atom stereocenters. The number of benzene rings is 2. The van der Waals surface area contributed by atoms with E-state index in [2.05, 4.69) is 10.6 Å². The molecule has 132 valence electrons. The Balaban J connectivity index is 2.23. The standard InChI is InChI=1S/C19H22N2O3S/c1-5-24-19(23)21-17-8-6-7-16(13(17)3)20-18(22)15-11-14(25-4)10-9-12(15)2/h6-11H,5H2,1-4H3,(H,20,22)(H,21,23). The smallest absolute Gasteiger partial charge is 0.411 e. The zero-order valence-electron chi connectivity index (χ0n) is 14.8. The maximum absolute atomic E-state index is 12.7. The number of thioether (sulfide) groups is 1. The fourth-order valence-corrected chi connectivity index (χ4v) is 2.79. The fraction of sp³-hybridized carbons (Fsp3) is 0.263. The number of anilines is 2. The van der Waals surface area contributed by atoms with E-state index in [1.807, 2.05) is 38.3 Å². The number of nitrogens with one attached hydrogen (secondary N) is 2. The van der Waals surface area contributed by atoms with E-state index in [9.17, 15) is 9.59 Å². The average Bonchev–Trinajstić information content (AvgIpc) is 2.59. The third-order valence-electron chi connectivity index (χ3n) is 3.78. The highest BCUT2D eigenvalue weighted by molar-refractivity contribution is 7.98. The summed E-state index contributed by atoms with van der Waals surface area (Å²) in [7, 11) is 0. The lowest BCUT2D eigenvalue weighted by Gasteiger charge is -2.14. The number of carbonyl (C=O) groups excluding carboxylic acids is 2. The largest absolute Gasteiger partial charge is 0.450 e. The van der Waals surface area contributed by atoms with Crippen LogP contribution in [0, 0.1) is 13.8 Å². The zero-order valence-corrected chi connectivity index (χ0v) is 15.6. The second-order valence-electron chi connectivity index (χ2n) is 5.46. The summed E-state index contributed by atoms with van der Waals surface area (Å²) in [5, 5.41) is 5.60. The van der Waals surface area contributed by atoms with Crippen molar-refractivity contribution in [3.05, 3.63) is 53.1 Å². The summed E-state index contributed by atoms with van der Waals surface area (Å²) in [6.45, 7) is 5.79. The van der Waals surface area contributed by atoms with Crippen LogP contribution in [0.2, 0.25) is 0 Å². The van der Waals surface area contributed by atoms with Gasteiger partial charge in [-0.05, 0) is 62.4 Å². The molecular weight excluding hydrogens is 336 g/mol. The van der Waals surface area contributed by atoms with Gasteiger partial charge in [-0.25, -0.2) is 4.79 Å². The molecular formula is C19H22N2O3S. The van der Waals surface area contributed by atoms with Gasteiger partial charge in [0.15, 0.2) is 0 Å². The molecule has 0 saturated heterocycles. The molecule has 2 N–H and O–H groups in total. The molecule has 0 aliphatic heterocycles. The van der Waals surface area contributed by atoms with Crippen molar-refractivity contribution in [1.82, 2.24) is 0 Å². The number of carbonyl (C=O) groups is 2. The molecule has 2 aromatic rings. The van der Waals surface area contributed by atoms with E-state index >= 15 is 0 Å². The average molecular weight is 358 g/mol. The van der Waals surface area contributed by atoms with Crippen molar-refractivity contribution in [1.29, 1.82) is 0 Å². The van der Waals surface area contributed by atoms with Crippen molar-refractivity contribution >= 4 is 35.1 Å². The fourth-order valence-electron chi connectivity index (χ4n) is 2.35. The molecule has 0 bridgehead atoms. The Morgan fingerprint density at radius 3 is 2.40 bits per heavy atom. The number of amides is 2. The molecule has 2 amide bonds. The van der Waals surface area contributed by atoms with Crippen LogP contribution in [0.25, 0.3) is 0 Å². The number of rotatable bonds is 5. The van der Waals surface area contributed by atoms with Crippen LogP contribution in [0.15, 0.2) is 41.3 Å². The minimum absolute atomic E-state index is 0.176. The summed E-state index contributed by atoms with van der Waals surface area (Å²) >= 11 is 1.59. The first-order chi connectivity index (χ1) is 12.0. The van der Waals surface area contributed by atoms with Crippen molar-refractivity contribution in [2.75, 3.05) is 23.5 Å². The summed E-state index contributed by atoms with van der Waals surface area (Å²) in [6.07, 6.45) is 1.46. The van der Waals surface area contributed by atoms with E-state index in [1.54, 1.807) is 36.9 Å². The lowest BCUT2D eigenvalue weighted by Crippen LogP contribution is -2.17. The van der Waals surface area contributed by atoms with E-state index in [0.717, 1.165) is 16.0 Å². The number of hydrogen-bond donors (Lipinski definition) is 2. The quantitative estimate of drug-likeness (QED) is 0.750. The number of aryl methyl sites for hydroxylation is 1. The molecule has 0 saturated carbocycles. The second-order valence-corrected chi connectivity index (χ2v) is 6.34. The third kappa shape index (κ3) is 4.76. The zero-order chi connectivity index (χ0) is 18.4. The molecule has 0 fully saturated rings. The van der Waals surface area contributed by atoms with Crippen LogP contribution in [0.5, 0.6) is 0 Å². The monoisotopic (exact) mass is 358 g/mol. The Morgan fingerprint density at radius 1 is 1.08 bits per heavy atom. The van der Waals surface area contributed by atoms with Gasteiger partial charge in [0.25, 0.3) is 5.91 Å². The first kappa shape index (κ1) is 18.9. The maximum Gasteiger partial charge on any atom is 0.411 e. The van der Waals surface area contributed by atoms with Gasteiger partial charge in [-0.1, -0.05) is 12.1 Å². The molecule has 0 aliphatic carbocycles. The van der Waals surface area contributed by atoms with Crippen molar-refractivity contribution in [3.63, 3.8) is 0 Å². The highest BCUT2D eigenvalue weighted by Gasteiger charge is 2.13. The predicted molar refractivity (Wildman–Crippen MR) is 103 cm³/mol. The molecule has 25 heavy (non-hydrogen) atoms. The van der Waals surface area contributed by atoms with Crippen LogP contribution in [0.3, 0.4) is 0 Å². The maximum atomic E-state index is 12.7. The minimum Gasteiger partial charge on any atom is -0.450 e. The lowest BCUT2D eigenvalue weighted by atomic mass is 10.1. The topological polar surface area (TPSA) is 67.4 Å². The van der Waals surface area contributed by atoms with E-state index in [0.29, 0.717) is 23.5 Å². The van der Waals surface area contributed by atoms with Gasteiger partial charge in [0.2, 0.25) is 0 Å².